The normalized spacial score (nSPS) is 41.9. The van der Waals surface area contributed by atoms with Gasteiger partial charge in [-0.1, -0.05) is 53.9 Å². The lowest BCUT2D eigenvalue weighted by Crippen LogP contribution is -2.52. The molecule has 4 heteroatoms. The molecule has 0 unspecified atom stereocenters. The minimum atomic E-state index is -0.673. The monoisotopic (exact) mass is 434 g/mol. The van der Waals surface area contributed by atoms with Crippen LogP contribution in [-0.2, 0) is 4.79 Å². The van der Waals surface area contributed by atoms with Gasteiger partial charge in [-0.2, -0.15) is 0 Å². The van der Waals surface area contributed by atoms with E-state index in [1.807, 2.05) is 13.0 Å². The lowest BCUT2D eigenvalue weighted by atomic mass is 9.55. The predicted octanol–water partition coefficient (Wildman–Crippen LogP) is 4.90. The summed E-state index contributed by atoms with van der Waals surface area (Å²) in [7, 11) is 0. The Morgan fingerprint density at radius 3 is 2.45 bits per heavy atom. The molecule has 0 aromatic rings. The Morgan fingerprint density at radius 2 is 1.81 bits per heavy atom. The van der Waals surface area contributed by atoms with E-state index in [4.69, 9.17) is 0 Å². The van der Waals surface area contributed by atoms with Crippen LogP contribution in [0.15, 0.2) is 11.6 Å². The maximum absolute atomic E-state index is 13.8. The van der Waals surface area contributed by atoms with E-state index in [0.29, 0.717) is 37.5 Å². The fourth-order valence-electron chi connectivity index (χ4n) is 7.46. The number of aliphatic hydroxyl groups is 3. The second kappa shape index (κ2) is 9.65. The standard InChI is InChI=1S/C27H46O4/c1-17(2)7-6-8-18(3)21-9-10-22(26(21,4)13-14-28)20-16-24(30)23-15-19(29)11-12-27(23,5)25(20)31/h16-19,21-24,28-30H,6-15H2,1-5H3/t18-,19+,21-,22+,23-,24+,26-,27+/m1/s1. The third-order valence-electron chi connectivity index (χ3n) is 9.45. The minimum absolute atomic E-state index is 0.101. The van der Waals surface area contributed by atoms with E-state index < -0.39 is 17.6 Å². The lowest BCUT2D eigenvalue weighted by Gasteiger charge is -2.49. The van der Waals surface area contributed by atoms with Crippen LogP contribution < -0.4 is 0 Å². The van der Waals surface area contributed by atoms with E-state index >= 15 is 0 Å². The smallest absolute Gasteiger partial charge is 0.165 e. The van der Waals surface area contributed by atoms with Crippen molar-refractivity contribution in [3.63, 3.8) is 0 Å². The molecular weight excluding hydrogens is 388 g/mol. The van der Waals surface area contributed by atoms with Gasteiger partial charge < -0.3 is 15.3 Å². The van der Waals surface area contributed by atoms with Gasteiger partial charge in [-0.25, -0.2) is 0 Å². The maximum atomic E-state index is 13.8. The van der Waals surface area contributed by atoms with Crippen molar-refractivity contribution in [1.82, 2.24) is 0 Å². The van der Waals surface area contributed by atoms with Gasteiger partial charge in [-0.05, 0) is 79.3 Å². The van der Waals surface area contributed by atoms with Crippen LogP contribution in [0.1, 0.15) is 92.4 Å². The summed E-state index contributed by atoms with van der Waals surface area (Å²) in [4.78, 5) is 13.8. The second-order valence-corrected chi connectivity index (χ2v) is 11.9. The highest BCUT2D eigenvalue weighted by atomic mass is 16.3. The van der Waals surface area contributed by atoms with Crippen molar-refractivity contribution in [2.75, 3.05) is 6.61 Å². The van der Waals surface area contributed by atoms with E-state index in [1.165, 1.54) is 19.3 Å². The molecule has 2 saturated carbocycles. The molecule has 178 valence electrons. The van der Waals surface area contributed by atoms with Gasteiger partial charge in [-0.3, -0.25) is 4.79 Å². The van der Waals surface area contributed by atoms with Crippen LogP contribution >= 0.6 is 0 Å². The minimum Gasteiger partial charge on any atom is -0.396 e. The Kier molecular flexibility index (Phi) is 7.76. The number of carbonyl (C=O) groups excluding carboxylic acids is 1. The molecular formula is C27H46O4. The number of Topliss-reactive ketones (excluding diaryl/α,β-unsaturated/α-hetero) is 1. The zero-order chi connectivity index (χ0) is 23.0. The molecule has 31 heavy (non-hydrogen) atoms. The van der Waals surface area contributed by atoms with Crippen molar-refractivity contribution in [3.05, 3.63) is 11.6 Å². The third kappa shape index (κ3) is 4.68. The van der Waals surface area contributed by atoms with Gasteiger partial charge in [0.1, 0.15) is 0 Å². The Morgan fingerprint density at radius 1 is 1.10 bits per heavy atom. The summed E-state index contributed by atoms with van der Waals surface area (Å²) in [6.07, 6.45) is 8.95. The third-order valence-corrected chi connectivity index (χ3v) is 9.45. The molecule has 0 bridgehead atoms. The summed E-state index contributed by atoms with van der Waals surface area (Å²) in [6, 6.07) is 0. The van der Waals surface area contributed by atoms with Crippen molar-refractivity contribution in [1.29, 1.82) is 0 Å². The van der Waals surface area contributed by atoms with Crippen molar-refractivity contribution in [3.8, 4) is 0 Å². The fourth-order valence-corrected chi connectivity index (χ4v) is 7.46. The first-order chi connectivity index (χ1) is 14.5. The lowest BCUT2D eigenvalue weighted by molar-refractivity contribution is -0.138. The van der Waals surface area contributed by atoms with Crippen molar-refractivity contribution >= 4 is 5.78 Å². The molecule has 0 amide bonds. The molecule has 0 aromatic heterocycles. The topological polar surface area (TPSA) is 77.8 Å². The van der Waals surface area contributed by atoms with Gasteiger partial charge >= 0.3 is 0 Å². The van der Waals surface area contributed by atoms with Gasteiger partial charge in [-0.15, -0.1) is 0 Å². The number of aliphatic hydroxyl groups excluding tert-OH is 3. The SMILES string of the molecule is CC(C)CCC[C@@H](C)[C@H]1CC[C@@H](C2=C[C@H](O)[C@H]3C[C@@H](O)CC[C@]3(C)C2=O)[C@]1(C)CCO. The molecule has 3 aliphatic carbocycles. The number of rotatable bonds is 8. The van der Waals surface area contributed by atoms with Crippen molar-refractivity contribution in [2.45, 2.75) is 105 Å². The first kappa shape index (κ1) is 24.9. The van der Waals surface area contributed by atoms with Crippen LogP contribution in [0.4, 0.5) is 0 Å². The van der Waals surface area contributed by atoms with E-state index in [0.717, 1.165) is 24.3 Å². The zero-order valence-electron chi connectivity index (χ0n) is 20.4. The summed E-state index contributed by atoms with van der Waals surface area (Å²) in [5.74, 6) is 1.88. The quantitative estimate of drug-likeness (QED) is 0.508. The van der Waals surface area contributed by atoms with Crippen LogP contribution in [0.25, 0.3) is 0 Å². The molecule has 3 aliphatic rings. The Bertz CT molecular complexity index is 670. The molecule has 0 aromatic carbocycles. The van der Waals surface area contributed by atoms with Crippen LogP contribution in [0.5, 0.6) is 0 Å². The number of carbonyl (C=O) groups is 1. The highest BCUT2D eigenvalue weighted by molar-refractivity contribution is 6.01. The highest BCUT2D eigenvalue weighted by Gasteiger charge is 2.56. The van der Waals surface area contributed by atoms with E-state index in [-0.39, 0.29) is 29.6 Å². The predicted molar refractivity (Wildman–Crippen MR) is 124 cm³/mol. The number of fused-ring (bicyclic) bond motifs is 1. The molecule has 0 saturated heterocycles. The largest absolute Gasteiger partial charge is 0.396 e. The molecule has 8 atom stereocenters. The summed E-state index contributed by atoms with van der Waals surface area (Å²) >= 11 is 0. The van der Waals surface area contributed by atoms with Crippen LogP contribution in [-0.4, -0.2) is 39.9 Å². The maximum Gasteiger partial charge on any atom is 0.165 e. The van der Waals surface area contributed by atoms with Gasteiger partial charge in [0.25, 0.3) is 0 Å². The fraction of sp³-hybridized carbons (Fsp3) is 0.889. The molecule has 3 rings (SSSR count). The average molecular weight is 435 g/mol. The Hall–Kier alpha value is -0.710. The first-order valence-corrected chi connectivity index (χ1v) is 12.8. The van der Waals surface area contributed by atoms with Crippen LogP contribution in [0.3, 0.4) is 0 Å². The van der Waals surface area contributed by atoms with Gasteiger partial charge in [0, 0.05) is 17.9 Å². The van der Waals surface area contributed by atoms with Gasteiger partial charge in [0.2, 0.25) is 0 Å². The molecule has 0 aliphatic heterocycles. The number of allylic oxidation sites excluding steroid dienone is 1. The summed E-state index contributed by atoms with van der Waals surface area (Å²) < 4.78 is 0. The molecule has 4 nitrogen and oxygen atoms in total. The first-order valence-electron chi connectivity index (χ1n) is 12.8. The van der Waals surface area contributed by atoms with Crippen molar-refractivity contribution < 1.29 is 20.1 Å². The highest BCUT2D eigenvalue weighted by Crippen LogP contribution is 2.59. The van der Waals surface area contributed by atoms with Crippen molar-refractivity contribution in [2.24, 2.45) is 40.4 Å². The van der Waals surface area contributed by atoms with E-state index in [1.54, 1.807) is 0 Å². The van der Waals surface area contributed by atoms with E-state index in [9.17, 15) is 20.1 Å². The number of ketones is 1. The zero-order valence-corrected chi connectivity index (χ0v) is 20.4. The summed E-state index contributed by atoms with van der Waals surface area (Å²) in [5.41, 5.74) is 0.115. The molecule has 0 heterocycles. The molecule has 0 radical (unpaired) electrons. The molecule has 0 spiro atoms. The van der Waals surface area contributed by atoms with Gasteiger partial charge in [0.15, 0.2) is 5.78 Å². The number of hydrogen-bond acceptors (Lipinski definition) is 4. The van der Waals surface area contributed by atoms with Gasteiger partial charge in [0.05, 0.1) is 12.2 Å². The molecule has 3 N–H and O–H groups in total. The van der Waals surface area contributed by atoms with Crippen LogP contribution in [0.2, 0.25) is 0 Å². The Labute approximate surface area is 189 Å². The second-order valence-electron chi connectivity index (χ2n) is 11.9. The summed E-state index contributed by atoms with van der Waals surface area (Å²) in [6.45, 7) is 11.3. The summed E-state index contributed by atoms with van der Waals surface area (Å²) in [5, 5.41) is 31.1. The average Bonchev–Trinajstić information content (AvgIpc) is 3.03. The number of hydrogen-bond donors (Lipinski definition) is 3. The van der Waals surface area contributed by atoms with Crippen LogP contribution in [0, 0.1) is 40.4 Å². The Balaban J connectivity index is 1.85. The van der Waals surface area contributed by atoms with E-state index in [2.05, 4.69) is 27.7 Å². The molecule has 2 fully saturated rings.